The van der Waals surface area contributed by atoms with Crippen molar-refractivity contribution in [3.63, 3.8) is 0 Å². The second-order valence-corrected chi connectivity index (χ2v) is 3.11. The molecule has 0 saturated heterocycles. The van der Waals surface area contributed by atoms with Crippen molar-refractivity contribution < 1.29 is 9.72 Å². The maximum atomic E-state index is 11.2. The van der Waals surface area contributed by atoms with Crippen LogP contribution in [0.1, 0.15) is 28.4 Å². The van der Waals surface area contributed by atoms with Gasteiger partial charge in [0.2, 0.25) is 0 Å². The molecule has 0 radical (unpaired) electrons. The van der Waals surface area contributed by atoms with Crippen molar-refractivity contribution in [1.82, 2.24) is 0 Å². The van der Waals surface area contributed by atoms with E-state index in [1.165, 1.54) is 13.0 Å². The van der Waals surface area contributed by atoms with E-state index in [1.807, 2.05) is 0 Å². The Hall–Kier alpha value is -2.22. The number of carbonyl (C=O) groups is 1. The number of Topliss-reactive ketones (excluding diaryl/α,β-unsaturated/α-hetero) is 1. The Labute approximate surface area is 86.1 Å². The van der Waals surface area contributed by atoms with Gasteiger partial charge in [0, 0.05) is 17.7 Å². The zero-order chi connectivity index (χ0) is 11.6. The Balaban J connectivity index is 3.53. The monoisotopic (exact) mass is 204 g/mol. The summed E-state index contributed by atoms with van der Waals surface area (Å²) in [5, 5.41) is 19.3. The molecule has 0 unspecified atom stereocenters. The summed E-state index contributed by atoms with van der Waals surface area (Å²) in [6.07, 6.45) is 0. The average Bonchev–Trinajstić information content (AvgIpc) is 2.15. The maximum absolute atomic E-state index is 11.2. The molecule has 0 N–H and O–H groups in total. The van der Waals surface area contributed by atoms with Crippen LogP contribution in [0.3, 0.4) is 0 Å². The standard InChI is InChI=1S/C10H8N2O3/c1-6-3-9(12(14)15)4-8(5-11)10(6)7(2)13/h3-4H,1-2H3. The second-order valence-electron chi connectivity index (χ2n) is 3.11. The number of aryl methyl sites for hydroxylation is 1. The van der Waals surface area contributed by atoms with Gasteiger partial charge in [-0.3, -0.25) is 14.9 Å². The number of benzene rings is 1. The number of nitro benzene ring substituents is 1. The molecule has 15 heavy (non-hydrogen) atoms. The van der Waals surface area contributed by atoms with Gasteiger partial charge in [-0.2, -0.15) is 5.26 Å². The summed E-state index contributed by atoms with van der Waals surface area (Å²) in [4.78, 5) is 21.1. The number of nitrogens with zero attached hydrogens (tertiary/aromatic N) is 2. The third-order valence-corrected chi connectivity index (χ3v) is 2.00. The Morgan fingerprint density at radius 2 is 2.13 bits per heavy atom. The lowest BCUT2D eigenvalue weighted by Crippen LogP contribution is -2.02. The van der Waals surface area contributed by atoms with Crippen LogP contribution in [0.5, 0.6) is 0 Å². The fraction of sp³-hybridized carbons (Fsp3) is 0.200. The van der Waals surface area contributed by atoms with Crippen LogP contribution < -0.4 is 0 Å². The summed E-state index contributed by atoms with van der Waals surface area (Å²) in [6.45, 7) is 2.90. The number of nitro groups is 1. The summed E-state index contributed by atoms with van der Waals surface area (Å²) < 4.78 is 0. The second kappa shape index (κ2) is 3.88. The van der Waals surface area contributed by atoms with E-state index in [-0.39, 0.29) is 22.6 Å². The number of non-ortho nitro benzene ring substituents is 1. The van der Waals surface area contributed by atoms with Crippen LogP contribution >= 0.6 is 0 Å². The Morgan fingerprint density at radius 3 is 2.53 bits per heavy atom. The lowest BCUT2D eigenvalue weighted by molar-refractivity contribution is -0.384. The van der Waals surface area contributed by atoms with E-state index in [2.05, 4.69) is 0 Å². The molecule has 0 aliphatic heterocycles. The normalized spacial score (nSPS) is 9.40. The molecule has 0 saturated carbocycles. The minimum atomic E-state index is -0.586. The lowest BCUT2D eigenvalue weighted by Gasteiger charge is -2.03. The van der Waals surface area contributed by atoms with Crippen LogP contribution in [0, 0.1) is 28.4 Å². The van der Waals surface area contributed by atoms with Crippen molar-refractivity contribution in [3.8, 4) is 6.07 Å². The molecule has 1 rings (SSSR count). The summed E-state index contributed by atoms with van der Waals surface area (Å²) in [6, 6.07) is 4.19. The molecular formula is C10H8N2O3. The number of rotatable bonds is 2. The third-order valence-electron chi connectivity index (χ3n) is 2.00. The minimum absolute atomic E-state index is 0.0502. The first-order valence-electron chi connectivity index (χ1n) is 4.17. The van der Waals surface area contributed by atoms with Gasteiger partial charge in [-0.05, 0) is 19.4 Å². The van der Waals surface area contributed by atoms with Gasteiger partial charge in [0.1, 0.15) is 6.07 Å². The van der Waals surface area contributed by atoms with Crippen LogP contribution in [0.4, 0.5) is 5.69 Å². The van der Waals surface area contributed by atoms with Crippen LogP contribution in [0.25, 0.3) is 0 Å². The van der Waals surface area contributed by atoms with E-state index >= 15 is 0 Å². The summed E-state index contributed by atoms with van der Waals surface area (Å²) >= 11 is 0. The van der Waals surface area contributed by atoms with Crippen LogP contribution in [-0.4, -0.2) is 10.7 Å². The largest absolute Gasteiger partial charge is 0.294 e. The lowest BCUT2D eigenvalue weighted by atomic mass is 9.99. The fourth-order valence-electron chi connectivity index (χ4n) is 1.43. The predicted molar refractivity (Wildman–Crippen MR) is 52.6 cm³/mol. The SMILES string of the molecule is CC(=O)c1c(C)cc([N+](=O)[O-])cc1C#N. The molecule has 1 aromatic rings. The van der Waals surface area contributed by atoms with Gasteiger partial charge in [-0.15, -0.1) is 0 Å². The number of ketones is 1. The molecule has 0 spiro atoms. The summed E-state index contributed by atoms with van der Waals surface area (Å²) in [5.74, 6) is -0.265. The van der Waals surface area contributed by atoms with Gasteiger partial charge in [0.05, 0.1) is 10.5 Å². The van der Waals surface area contributed by atoms with E-state index in [4.69, 9.17) is 5.26 Å². The molecule has 0 aliphatic rings. The summed E-state index contributed by atoms with van der Waals surface area (Å²) in [7, 11) is 0. The van der Waals surface area contributed by atoms with E-state index < -0.39 is 4.92 Å². The van der Waals surface area contributed by atoms with Crippen molar-refractivity contribution in [3.05, 3.63) is 38.9 Å². The molecule has 0 aliphatic carbocycles. The third kappa shape index (κ3) is 1.99. The molecule has 0 aromatic heterocycles. The highest BCUT2D eigenvalue weighted by Crippen LogP contribution is 2.22. The first-order chi connectivity index (χ1) is 6.97. The number of nitriles is 1. The van der Waals surface area contributed by atoms with Crippen molar-refractivity contribution in [2.45, 2.75) is 13.8 Å². The molecule has 76 valence electrons. The Kier molecular flexibility index (Phi) is 2.81. The van der Waals surface area contributed by atoms with Crippen molar-refractivity contribution in [1.29, 1.82) is 5.26 Å². The van der Waals surface area contributed by atoms with E-state index in [0.717, 1.165) is 6.07 Å². The van der Waals surface area contributed by atoms with Gasteiger partial charge < -0.3 is 0 Å². The number of hydrogen-bond donors (Lipinski definition) is 0. The highest BCUT2D eigenvalue weighted by Gasteiger charge is 2.16. The first-order valence-corrected chi connectivity index (χ1v) is 4.17. The fourth-order valence-corrected chi connectivity index (χ4v) is 1.43. The van der Waals surface area contributed by atoms with Crippen molar-refractivity contribution in [2.75, 3.05) is 0 Å². The van der Waals surface area contributed by atoms with Gasteiger partial charge in [0.25, 0.3) is 5.69 Å². The van der Waals surface area contributed by atoms with Crippen molar-refractivity contribution in [2.24, 2.45) is 0 Å². The van der Waals surface area contributed by atoms with E-state index in [9.17, 15) is 14.9 Å². The highest BCUT2D eigenvalue weighted by molar-refractivity contribution is 5.98. The molecule has 1 aromatic carbocycles. The molecule has 0 fully saturated rings. The van der Waals surface area contributed by atoms with Gasteiger partial charge in [-0.1, -0.05) is 0 Å². The summed E-state index contributed by atoms with van der Waals surface area (Å²) in [5.41, 5.74) is 0.583. The quantitative estimate of drug-likeness (QED) is 0.418. The van der Waals surface area contributed by atoms with Gasteiger partial charge >= 0.3 is 0 Å². The molecule has 0 atom stereocenters. The molecule has 0 amide bonds. The molecule has 0 bridgehead atoms. The van der Waals surface area contributed by atoms with Crippen molar-refractivity contribution >= 4 is 11.5 Å². The van der Waals surface area contributed by atoms with Crippen LogP contribution in [-0.2, 0) is 0 Å². The number of carbonyl (C=O) groups excluding carboxylic acids is 1. The number of hydrogen-bond acceptors (Lipinski definition) is 4. The van der Waals surface area contributed by atoms with Crippen LogP contribution in [0.2, 0.25) is 0 Å². The van der Waals surface area contributed by atoms with Gasteiger partial charge in [0.15, 0.2) is 5.78 Å². The zero-order valence-corrected chi connectivity index (χ0v) is 8.27. The molecule has 5 heteroatoms. The van der Waals surface area contributed by atoms with Gasteiger partial charge in [-0.25, -0.2) is 0 Å². The zero-order valence-electron chi connectivity index (χ0n) is 8.27. The molecular weight excluding hydrogens is 196 g/mol. The maximum Gasteiger partial charge on any atom is 0.271 e. The van der Waals surface area contributed by atoms with Crippen LogP contribution in [0.15, 0.2) is 12.1 Å². The predicted octanol–water partition coefficient (Wildman–Crippen LogP) is 1.98. The average molecular weight is 204 g/mol. The van der Waals surface area contributed by atoms with E-state index in [0.29, 0.717) is 5.56 Å². The van der Waals surface area contributed by atoms with E-state index in [1.54, 1.807) is 13.0 Å². The Morgan fingerprint density at radius 1 is 1.53 bits per heavy atom. The topological polar surface area (TPSA) is 84.0 Å². The Bertz CT molecular complexity index is 486. The minimum Gasteiger partial charge on any atom is -0.294 e. The molecule has 0 heterocycles. The molecule has 5 nitrogen and oxygen atoms in total. The smallest absolute Gasteiger partial charge is 0.271 e. The highest BCUT2D eigenvalue weighted by atomic mass is 16.6. The first kappa shape index (κ1) is 10.9.